The number of rotatable bonds is 3. The average molecular weight is 327 g/mol. The van der Waals surface area contributed by atoms with E-state index in [1.54, 1.807) is 0 Å². The summed E-state index contributed by atoms with van der Waals surface area (Å²) in [4.78, 5) is 1.97. The third-order valence-electron chi connectivity index (χ3n) is 3.87. The third kappa shape index (κ3) is 4.31. The monoisotopic (exact) mass is 326 g/mol. The third-order valence-corrected chi connectivity index (χ3v) is 3.87. The molecule has 120 valence electrons. The summed E-state index contributed by atoms with van der Waals surface area (Å²) in [6.07, 6.45) is -3.65. The summed E-state index contributed by atoms with van der Waals surface area (Å²) < 4.78 is 51.9. The van der Waals surface area contributed by atoms with Crippen molar-refractivity contribution in [3.63, 3.8) is 0 Å². The largest absolute Gasteiger partial charge is 0.416 e. The van der Waals surface area contributed by atoms with Crippen LogP contribution in [0.1, 0.15) is 24.5 Å². The second-order valence-corrected chi connectivity index (χ2v) is 5.42. The first kappa shape index (κ1) is 18.2. The van der Waals surface area contributed by atoms with E-state index >= 15 is 0 Å². The van der Waals surface area contributed by atoms with Crippen LogP contribution in [0.3, 0.4) is 0 Å². The van der Waals surface area contributed by atoms with Gasteiger partial charge in [0, 0.05) is 19.1 Å². The highest BCUT2D eigenvalue weighted by atomic mass is 35.5. The van der Waals surface area contributed by atoms with Crippen molar-refractivity contribution < 1.29 is 17.6 Å². The first-order valence-electron chi connectivity index (χ1n) is 6.61. The Bertz CT molecular complexity index is 479. The number of nitrogens with two attached hydrogens (primary N) is 1. The SMILES string of the molecule is CC1CC(CN)CN1Cc1ccc(F)cc1C(F)(F)F.Cl. The van der Waals surface area contributed by atoms with Gasteiger partial charge in [-0.2, -0.15) is 13.2 Å². The van der Waals surface area contributed by atoms with Gasteiger partial charge < -0.3 is 5.73 Å². The van der Waals surface area contributed by atoms with Crippen LogP contribution in [0, 0.1) is 11.7 Å². The summed E-state index contributed by atoms with van der Waals surface area (Å²) in [7, 11) is 0. The van der Waals surface area contributed by atoms with E-state index in [2.05, 4.69) is 0 Å². The number of likely N-dealkylation sites (tertiary alicyclic amines) is 1. The van der Waals surface area contributed by atoms with Gasteiger partial charge in [-0.15, -0.1) is 12.4 Å². The molecule has 0 saturated carbocycles. The number of hydrogen-bond donors (Lipinski definition) is 1. The Morgan fingerprint density at radius 2 is 2.00 bits per heavy atom. The molecule has 21 heavy (non-hydrogen) atoms. The summed E-state index contributed by atoms with van der Waals surface area (Å²) in [5, 5.41) is 0. The quantitative estimate of drug-likeness (QED) is 0.862. The second-order valence-electron chi connectivity index (χ2n) is 5.42. The van der Waals surface area contributed by atoms with E-state index in [0.717, 1.165) is 12.5 Å². The molecule has 0 bridgehead atoms. The normalized spacial score (nSPS) is 23.1. The van der Waals surface area contributed by atoms with E-state index in [-0.39, 0.29) is 30.6 Å². The molecular formula is C14H19ClF4N2. The van der Waals surface area contributed by atoms with E-state index in [9.17, 15) is 17.6 Å². The van der Waals surface area contributed by atoms with Crippen molar-refractivity contribution in [2.75, 3.05) is 13.1 Å². The molecule has 2 nitrogen and oxygen atoms in total. The van der Waals surface area contributed by atoms with Crippen LogP contribution in [0.25, 0.3) is 0 Å². The van der Waals surface area contributed by atoms with Gasteiger partial charge in [-0.1, -0.05) is 6.07 Å². The van der Waals surface area contributed by atoms with Crippen molar-refractivity contribution in [1.29, 1.82) is 0 Å². The minimum Gasteiger partial charge on any atom is -0.330 e. The van der Waals surface area contributed by atoms with Gasteiger partial charge >= 0.3 is 6.18 Å². The van der Waals surface area contributed by atoms with Crippen LogP contribution >= 0.6 is 12.4 Å². The molecule has 0 aromatic heterocycles. The molecular weight excluding hydrogens is 308 g/mol. The topological polar surface area (TPSA) is 29.3 Å². The van der Waals surface area contributed by atoms with Crippen molar-refractivity contribution in [2.45, 2.75) is 32.1 Å². The highest BCUT2D eigenvalue weighted by molar-refractivity contribution is 5.85. The molecule has 0 spiro atoms. The molecule has 2 unspecified atom stereocenters. The maximum absolute atomic E-state index is 13.1. The number of alkyl halides is 3. The molecule has 0 aliphatic carbocycles. The van der Waals surface area contributed by atoms with Crippen LogP contribution in [-0.4, -0.2) is 24.0 Å². The van der Waals surface area contributed by atoms with Gasteiger partial charge in [0.05, 0.1) is 5.56 Å². The Balaban J connectivity index is 0.00000220. The lowest BCUT2D eigenvalue weighted by atomic mass is 10.1. The van der Waals surface area contributed by atoms with E-state index in [4.69, 9.17) is 5.73 Å². The van der Waals surface area contributed by atoms with Crippen LogP contribution in [0.4, 0.5) is 17.6 Å². The van der Waals surface area contributed by atoms with Gasteiger partial charge in [0.2, 0.25) is 0 Å². The van der Waals surface area contributed by atoms with Gasteiger partial charge in [0.15, 0.2) is 0 Å². The fourth-order valence-corrected chi connectivity index (χ4v) is 2.78. The van der Waals surface area contributed by atoms with Crippen molar-refractivity contribution >= 4 is 12.4 Å². The molecule has 7 heteroatoms. The zero-order valence-corrected chi connectivity index (χ0v) is 12.5. The lowest BCUT2D eigenvalue weighted by molar-refractivity contribution is -0.138. The molecule has 1 fully saturated rings. The zero-order chi connectivity index (χ0) is 14.9. The number of nitrogens with zero attached hydrogens (tertiary/aromatic N) is 1. The molecule has 1 saturated heterocycles. The van der Waals surface area contributed by atoms with Gasteiger partial charge in [0.1, 0.15) is 5.82 Å². The summed E-state index contributed by atoms with van der Waals surface area (Å²) in [5.74, 6) is -0.546. The lowest BCUT2D eigenvalue weighted by Crippen LogP contribution is -2.28. The number of benzene rings is 1. The van der Waals surface area contributed by atoms with Crippen LogP contribution in [0.15, 0.2) is 18.2 Å². The molecule has 1 aromatic carbocycles. The van der Waals surface area contributed by atoms with Crippen molar-refractivity contribution in [3.05, 3.63) is 35.1 Å². The van der Waals surface area contributed by atoms with Crippen LogP contribution in [-0.2, 0) is 12.7 Å². The zero-order valence-electron chi connectivity index (χ0n) is 11.7. The smallest absolute Gasteiger partial charge is 0.330 e. The number of halogens is 5. The summed E-state index contributed by atoms with van der Waals surface area (Å²) in [6.45, 7) is 3.38. The van der Waals surface area contributed by atoms with Crippen LogP contribution in [0.2, 0.25) is 0 Å². The first-order valence-corrected chi connectivity index (χ1v) is 6.61. The summed E-state index contributed by atoms with van der Waals surface area (Å²) in [6, 6.07) is 3.05. The highest BCUT2D eigenvalue weighted by Crippen LogP contribution is 2.34. The van der Waals surface area contributed by atoms with Crippen LogP contribution in [0.5, 0.6) is 0 Å². The Kier molecular flexibility index (Phi) is 6.01. The Morgan fingerprint density at radius 1 is 1.33 bits per heavy atom. The fourth-order valence-electron chi connectivity index (χ4n) is 2.78. The molecule has 2 N–H and O–H groups in total. The van der Waals surface area contributed by atoms with E-state index in [0.29, 0.717) is 25.1 Å². The van der Waals surface area contributed by atoms with E-state index < -0.39 is 17.6 Å². The van der Waals surface area contributed by atoms with Crippen LogP contribution < -0.4 is 5.73 Å². The minimum absolute atomic E-state index is 0. The summed E-state index contributed by atoms with van der Waals surface area (Å²) >= 11 is 0. The number of hydrogen-bond acceptors (Lipinski definition) is 2. The summed E-state index contributed by atoms with van der Waals surface area (Å²) in [5.41, 5.74) is 4.84. The molecule has 2 atom stereocenters. The van der Waals surface area contributed by atoms with Crippen molar-refractivity contribution in [1.82, 2.24) is 4.90 Å². The molecule has 1 heterocycles. The predicted octanol–water partition coefficient (Wildman–Crippen LogP) is 3.44. The van der Waals surface area contributed by atoms with Gasteiger partial charge in [0.25, 0.3) is 0 Å². The average Bonchev–Trinajstić information content (AvgIpc) is 2.71. The maximum atomic E-state index is 13.1. The Hall–Kier alpha value is -0.850. The predicted molar refractivity (Wildman–Crippen MR) is 75.7 cm³/mol. The van der Waals surface area contributed by atoms with E-state index in [1.807, 2.05) is 11.8 Å². The molecule has 1 aliphatic heterocycles. The Labute approximate surface area is 127 Å². The molecule has 1 aliphatic rings. The first-order chi connectivity index (χ1) is 9.31. The maximum Gasteiger partial charge on any atom is 0.416 e. The minimum atomic E-state index is -4.53. The van der Waals surface area contributed by atoms with Crippen molar-refractivity contribution in [2.24, 2.45) is 11.7 Å². The van der Waals surface area contributed by atoms with Gasteiger partial charge in [-0.05, 0) is 43.5 Å². The second kappa shape index (κ2) is 6.94. The fraction of sp³-hybridized carbons (Fsp3) is 0.571. The highest BCUT2D eigenvalue weighted by Gasteiger charge is 2.35. The lowest BCUT2D eigenvalue weighted by Gasteiger charge is -2.23. The van der Waals surface area contributed by atoms with Gasteiger partial charge in [-0.3, -0.25) is 4.90 Å². The Morgan fingerprint density at radius 3 is 2.52 bits per heavy atom. The molecule has 0 radical (unpaired) electrons. The standard InChI is InChI=1S/C14H18F4N2.ClH/c1-9-4-10(6-19)7-20(9)8-11-2-3-12(15)5-13(11)14(16,17)18;/h2-3,5,9-10H,4,6-8,19H2,1H3;1H. The molecule has 0 amide bonds. The van der Waals surface area contributed by atoms with E-state index in [1.165, 1.54) is 6.07 Å². The molecule has 2 rings (SSSR count). The van der Waals surface area contributed by atoms with Crippen molar-refractivity contribution in [3.8, 4) is 0 Å². The van der Waals surface area contributed by atoms with Gasteiger partial charge in [-0.25, -0.2) is 4.39 Å². The molecule has 1 aromatic rings.